The number of hydrogen-bond donors (Lipinski definition) is 1. The first-order valence-corrected chi connectivity index (χ1v) is 8.34. The number of fused-ring (bicyclic) bond motifs is 1. The Morgan fingerprint density at radius 3 is 2.67 bits per heavy atom. The van der Waals surface area contributed by atoms with Crippen LogP contribution in [-0.2, 0) is 11.3 Å². The Morgan fingerprint density at radius 1 is 1.25 bits per heavy atom. The first-order chi connectivity index (χ1) is 11.5. The van der Waals surface area contributed by atoms with E-state index >= 15 is 0 Å². The van der Waals surface area contributed by atoms with E-state index in [-0.39, 0.29) is 0 Å². The number of amides is 1. The van der Waals surface area contributed by atoms with Gasteiger partial charge in [0.1, 0.15) is 0 Å². The van der Waals surface area contributed by atoms with Crippen molar-refractivity contribution in [2.75, 3.05) is 0 Å². The second kappa shape index (κ2) is 6.65. The molecule has 0 spiro atoms. The van der Waals surface area contributed by atoms with Gasteiger partial charge in [-0.3, -0.25) is 9.48 Å². The fraction of sp³-hybridized carbons (Fsp3) is 0.263. The number of aromatic nitrogens is 2. The minimum absolute atomic E-state index is 0.427. The molecule has 1 atom stereocenters. The third-order valence-electron chi connectivity index (χ3n) is 3.97. The molecule has 3 rings (SSSR count). The molecular formula is C19H20ClN3O. The van der Waals surface area contributed by atoms with E-state index in [4.69, 9.17) is 17.3 Å². The van der Waals surface area contributed by atoms with Crippen molar-refractivity contribution >= 4 is 28.4 Å². The minimum Gasteiger partial charge on any atom is -0.369 e. The van der Waals surface area contributed by atoms with E-state index in [1.54, 1.807) is 6.07 Å². The molecule has 0 bridgehead atoms. The maximum Gasteiger partial charge on any atom is 0.229 e. The summed E-state index contributed by atoms with van der Waals surface area (Å²) >= 11 is 6.27. The van der Waals surface area contributed by atoms with Crippen LogP contribution in [-0.4, -0.2) is 15.7 Å². The number of benzene rings is 2. The summed E-state index contributed by atoms with van der Waals surface area (Å²) in [6.07, 6.45) is 2.02. The molecule has 3 aromatic rings. The lowest BCUT2D eigenvalue weighted by molar-refractivity contribution is -0.118. The monoisotopic (exact) mass is 341 g/mol. The molecule has 1 aromatic heterocycles. The lowest BCUT2D eigenvalue weighted by Crippen LogP contribution is -2.22. The van der Waals surface area contributed by atoms with Crippen molar-refractivity contribution in [3.63, 3.8) is 0 Å². The van der Waals surface area contributed by atoms with Crippen molar-refractivity contribution in [3.8, 4) is 0 Å². The molecule has 0 fully saturated rings. The van der Waals surface area contributed by atoms with Gasteiger partial charge in [-0.2, -0.15) is 5.10 Å². The quantitative estimate of drug-likeness (QED) is 0.763. The van der Waals surface area contributed by atoms with Crippen molar-refractivity contribution < 1.29 is 4.79 Å². The van der Waals surface area contributed by atoms with Crippen LogP contribution in [0.3, 0.4) is 0 Å². The number of nitrogens with zero attached hydrogens (tertiary/aromatic N) is 2. The van der Waals surface area contributed by atoms with Gasteiger partial charge in [-0.25, -0.2) is 0 Å². The molecule has 2 N–H and O–H groups in total. The van der Waals surface area contributed by atoms with E-state index in [0.29, 0.717) is 16.5 Å². The molecule has 0 saturated heterocycles. The predicted molar refractivity (Wildman–Crippen MR) is 97.1 cm³/mol. The van der Waals surface area contributed by atoms with Gasteiger partial charge in [-0.1, -0.05) is 55.8 Å². The predicted octanol–water partition coefficient (Wildman–Crippen LogP) is 3.96. The molecule has 1 unspecified atom stereocenters. The number of hydrogen-bond acceptors (Lipinski definition) is 2. The van der Waals surface area contributed by atoms with E-state index < -0.39 is 11.8 Å². The lowest BCUT2D eigenvalue weighted by Gasteiger charge is -2.15. The van der Waals surface area contributed by atoms with Crippen molar-refractivity contribution in [1.82, 2.24) is 9.78 Å². The SMILES string of the molecule is CC(C)Cn1cc2ccc(C(C(N)=O)c3ccccc3Cl)cc2n1. The van der Waals surface area contributed by atoms with Gasteiger partial charge in [0.05, 0.1) is 11.4 Å². The fourth-order valence-corrected chi connectivity index (χ4v) is 3.18. The number of carbonyl (C=O) groups is 1. The van der Waals surface area contributed by atoms with Gasteiger partial charge in [-0.05, 0) is 29.2 Å². The van der Waals surface area contributed by atoms with Crippen LogP contribution in [0.4, 0.5) is 0 Å². The second-order valence-electron chi connectivity index (χ2n) is 6.42. The Labute approximate surface area is 146 Å². The zero-order valence-corrected chi connectivity index (χ0v) is 14.5. The van der Waals surface area contributed by atoms with Gasteiger partial charge in [0.15, 0.2) is 0 Å². The van der Waals surface area contributed by atoms with Crippen molar-refractivity contribution in [1.29, 1.82) is 0 Å². The molecule has 0 aliphatic heterocycles. The van der Waals surface area contributed by atoms with Crippen LogP contribution in [0, 0.1) is 5.92 Å². The van der Waals surface area contributed by atoms with E-state index in [0.717, 1.165) is 23.0 Å². The Balaban J connectivity index is 2.05. The van der Waals surface area contributed by atoms with Crippen LogP contribution in [0.25, 0.3) is 10.9 Å². The van der Waals surface area contributed by atoms with Crippen molar-refractivity contribution in [2.24, 2.45) is 11.7 Å². The van der Waals surface area contributed by atoms with Gasteiger partial charge in [0.25, 0.3) is 0 Å². The molecule has 1 amide bonds. The first-order valence-electron chi connectivity index (χ1n) is 7.96. The summed E-state index contributed by atoms with van der Waals surface area (Å²) in [5.41, 5.74) is 8.03. The summed E-state index contributed by atoms with van der Waals surface area (Å²) in [5, 5.41) is 6.18. The molecule has 0 aliphatic rings. The smallest absolute Gasteiger partial charge is 0.229 e. The summed E-state index contributed by atoms with van der Waals surface area (Å²) in [4.78, 5) is 12.1. The second-order valence-corrected chi connectivity index (χ2v) is 6.83. The summed E-state index contributed by atoms with van der Waals surface area (Å²) in [5.74, 6) is -0.498. The highest BCUT2D eigenvalue weighted by molar-refractivity contribution is 6.31. The van der Waals surface area contributed by atoms with Crippen LogP contribution >= 0.6 is 11.6 Å². The number of nitrogens with two attached hydrogens (primary N) is 1. The lowest BCUT2D eigenvalue weighted by atomic mass is 9.90. The number of primary amides is 1. The summed E-state index contributed by atoms with van der Waals surface area (Å²) in [6.45, 7) is 5.16. The molecule has 4 nitrogen and oxygen atoms in total. The topological polar surface area (TPSA) is 60.9 Å². The average molecular weight is 342 g/mol. The van der Waals surface area contributed by atoms with Gasteiger partial charge < -0.3 is 5.73 Å². The maximum atomic E-state index is 12.1. The molecule has 5 heteroatoms. The summed E-state index contributed by atoms with van der Waals surface area (Å²) in [6, 6.07) is 13.1. The highest BCUT2D eigenvalue weighted by Crippen LogP contribution is 2.31. The van der Waals surface area contributed by atoms with Gasteiger partial charge in [-0.15, -0.1) is 0 Å². The van der Waals surface area contributed by atoms with Crippen molar-refractivity contribution in [2.45, 2.75) is 26.3 Å². The largest absolute Gasteiger partial charge is 0.369 e. The third kappa shape index (κ3) is 3.29. The van der Waals surface area contributed by atoms with E-state index in [2.05, 4.69) is 18.9 Å². The highest BCUT2D eigenvalue weighted by atomic mass is 35.5. The number of halogens is 1. The van der Waals surface area contributed by atoms with Gasteiger partial charge in [0, 0.05) is 23.2 Å². The van der Waals surface area contributed by atoms with Crippen LogP contribution < -0.4 is 5.73 Å². The van der Waals surface area contributed by atoms with E-state index in [9.17, 15) is 4.79 Å². The van der Waals surface area contributed by atoms with Gasteiger partial charge in [0.2, 0.25) is 5.91 Å². The Kier molecular flexibility index (Phi) is 4.58. The standard InChI is InChI=1S/C19H20ClN3O/c1-12(2)10-23-11-14-8-7-13(9-17(14)22-23)18(19(21)24)15-5-3-4-6-16(15)20/h3-9,11-12,18H,10H2,1-2H3,(H2,21,24). The maximum absolute atomic E-state index is 12.1. The third-order valence-corrected chi connectivity index (χ3v) is 4.31. The summed E-state index contributed by atoms with van der Waals surface area (Å²) in [7, 11) is 0. The number of rotatable bonds is 5. The molecule has 1 heterocycles. The fourth-order valence-electron chi connectivity index (χ4n) is 2.94. The first kappa shape index (κ1) is 16.5. The Bertz CT molecular complexity index is 885. The van der Waals surface area contributed by atoms with Crippen molar-refractivity contribution in [3.05, 3.63) is 64.8 Å². The summed E-state index contributed by atoms with van der Waals surface area (Å²) < 4.78 is 1.94. The van der Waals surface area contributed by atoms with Crippen LogP contribution in [0.15, 0.2) is 48.7 Å². The van der Waals surface area contributed by atoms with E-state index in [1.807, 2.05) is 47.3 Å². The zero-order valence-electron chi connectivity index (χ0n) is 13.7. The van der Waals surface area contributed by atoms with Crippen LogP contribution in [0.1, 0.15) is 30.9 Å². The molecule has 124 valence electrons. The van der Waals surface area contributed by atoms with Gasteiger partial charge >= 0.3 is 0 Å². The minimum atomic E-state index is -0.585. The molecule has 2 aromatic carbocycles. The molecular weight excluding hydrogens is 322 g/mol. The highest BCUT2D eigenvalue weighted by Gasteiger charge is 2.23. The molecule has 0 aliphatic carbocycles. The Morgan fingerprint density at radius 2 is 2.00 bits per heavy atom. The Hall–Kier alpha value is -2.33. The van der Waals surface area contributed by atoms with Crippen LogP contribution in [0.5, 0.6) is 0 Å². The molecule has 24 heavy (non-hydrogen) atoms. The number of carbonyl (C=O) groups excluding carboxylic acids is 1. The normalized spacial score (nSPS) is 12.7. The average Bonchev–Trinajstić information content (AvgIpc) is 2.89. The van der Waals surface area contributed by atoms with Crippen LogP contribution in [0.2, 0.25) is 5.02 Å². The molecule has 0 saturated carbocycles. The molecule has 0 radical (unpaired) electrons. The zero-order chi connectivity index (χ0) is 17.3. The van der Waals surface area contributed by atoms with E-state index in [1.165, 1.54) is 0 Å².